The number of carbonyl (C=O) groups is 2. The average molecular weight is 678 g/mol. The minimum absolute atomic E-state index is 0.157. The molecule has 3 rings (SSSR count). The van der Waals surface area contributed by atoms with Crippen LogP contribution in [0.2, 0.25) is 0 Å². The predicted octanol–water partition coefficient (Wildman–Crippen LogP) is 5.74. The molecule has 0 aliphatic heterocycles. The third-order valence-corrected chi connectivity index (χ3v) is 6.32. The molecule has 3 aromatic carbocycles. The minimum atomic E-state index is -0.721. The third-order valence-electron chi connectivity index (χ3n) is 4.86. The number of benzene rings is 3. The maximum atomic E-state index is 12.7. The first-order valence-electron chi connectivity index (χ1n) is 10.3. The van der Waals surface area contributed by atoms with Gasteiger partial charge in [0.1, 0.15) is 17.4 Å². The third kappa shape index (κ3) is 6.83. The number of nitro groups is 1. The summed E-state index contributed by atoms with van der Waals surface area (Å²) in [5.74, 6) is -0.332. The zero-order valence-corrected chi connectivity index (χ0v) is 23.0. The molecule has 1 N–H and O–H groups in total. The van der Waals surface area contributed by atoms with Crippen molar-refractivity contribution >= 4 is 67.8 Å². The summed E-state index contributed by atoms with van der Waals surface area (Å²) < 4.78 is 16.8. The first-order chi connectivity index (χ1) is 17.7. The lowest BCUT2D eigenvalue weighted by Crippen LogP contribution is -2.14. The highest BCUT2D eigenvalue weighted by Crippen LogP contribution is 2.35. The van der Waals surface area contributed by atoms with Gasteiger partial charge in [-0.05, 0) is 92.6 Å². The Kier molecular flexibility index (Phi) is 9.20. The van der Waals surface area contributed by atoms with Gasteiger partial charge in [0.25, 0.3) is 11.6 Å². The molecule has 37 heavy (non-hydrogen) atoms. The van der Waals surface area contributed by atoms with E-state index >= 15 is 0 Å². The van der Waals surface area contributed by atoms with Crippen LogP contribution in [0, 0.1) is 25.0 Å². The maximum absolute atomic E-state index is 12.7. The number of nitriles is 1. The number of hydrogen-bond donors (Lipinski definition) is 1. The quantitative estimate of drug-likeness (QED) is 0.0605. The van der Waals surface area contributed by atoms with Crippen LogP contribution < -0.4 is 19.5 Å². The Morgan fingerprint density at radius 3 is 2.38 bits per heavy atom. The molecule has 3 aromatic rings. The highest BCUT2D eigenvalue weighted by Gasteiger charge is 2.19. The number of non-ortho nitro benzene ring substituents is 1. The van der Waals surface area contributed by atoms with Crippen molar-refractivity contribution in [2.45, 2.75) is 0 Å². The Morgan fingerprint density at radius 2 is 1.81 bits per heavy atom. The largest absolute Gasteiger partial charge is 0.497 e. The number of esters is 1. The molecule has 0 atom stereocenters. The van der Waals surface area contributed by atoms with Gasteiger partial charge in [-0.2, -0.15) is 5.26 Å². The molecule has 0 saturated heterocycles. The van der Waals surface area contributed by atoms with Crippen molar-refractivity contribution < 1.29 is 28.7 Å². The van der Waals surface area contributed by atoms with Crippen molar-refractivity contribution in [1.82, 2.24) is 0 Å². The summed E-state index contributed by atoms with van der Waals surface area (Å²) in [5, 5.41) is 23.0. The van der Waals surface area contributed by atoms with Crippen molar-refractivity contribution in [3.63, 3.8) is 0 Å². The van der Waals surface area contributed by atoms with Gasteiger partial charge in [0.15, 0.2) is 11.5 Å². The van der Waals surface area contributed by atoms with Crippen molar-refractivity contribution in [3.8, 4) is 23.3 Å². The van der Waals surface area contributed by atoms with Crippen LogP contribution >= 0.6 is 38.5 Å². The molecule has 0 aliphatic carbocycles. The second-order valence-electron chi connectivity index (χ2n) is 7.20. The van der Waals surface area contributed by atoms with Crippen LogP contribution in [0.25, 0.3) is 6.08 Å². The molecular formula is C25H17BrIN3O7. The number of ether oxygens (including phenoxy) is 3. The van der Waals surface area contributed by atoms with E-state index in [9.17, 15) is 25.0 Å². The number of carbonyl (C=O) groups excluding carboxylic acids is 2. The molecule has 10 nitrogen and oxygen atoms in total. The van der Waals surface area contributed by atoms with Gasteiger partial charge in [0.2, 0.25) is 0 Å². The summed E-state index contributed by atoms with van der Waals surface area (Å²) in [6, 6.07) is 15.2. The number of methoxy groups -OCH3 is 2. The van der Waals surface area contributed by atoms with Gasteiger partial charge in [-0.15, -0.1) is 0 Å². The number of rotatable bonds is 8. The van der Waals surface area contributed by atoms with E-state index in [-0.39, 0.29) is 32.9 Å². The lowest BCUT2D eigenvalue weighted by molar-refractivity contribution is -0.384. The van der Waals surface area contributed by atoms with Crippen molar-refractivity contribution in [3.05, 3.63) is 89.5 Å². The van der Waals surface area contributed by atoms with E-state index in [4.69, 9.17) is 14.2 Å². The number of anilines is 1. The van der Waals surface area contributed by atoms with Gasteiger partial charge in [-0.3, -0.25) is 14.9 Å². The molecular weight excluding hydrogens is 661 g/mol. The number of amides is 1. The second kappa shape index (κ2) is 12.3. The number of halogens is 2. The zero-order valence-electron chi connectivity index (χ0n) is 19.3. The van der Waals surface area contributed by atoms with Gasteiger partial charge < -0.3 is 19.5 Å². The fraction of sp³-hybridized carbons (Fsp3) is 0.0800. The summed E-state index contributed by atoms with van der Waals surface area (Å²) >= 11 is 5.13. The topological polar surface area (TPSA) is 141 Å². The van der Waals surface area contributed by atoms with Crippen LogP contribution in [0.1, 0.15) is 15.9 Å². The molecule has 0 spiro atoms. The molecule has 1 amide bonds. The van der Waals surface area contributed by atoms with Crippen LogP contribution in [-0.2, 0) is 4.79 Å². The Hall–Kier alpha value is -3.96. The summed E-state index contributed by atoms with van der Waals surface area (Å²) in [4.78, 5) is 35.7. The first-order valence-corrected chi connectivity index (χ1v) is 12.1. The standard InChI is InChI=1S/C25H17BrIN3O7/c1-35-18-6-3-15(4-7-18)25(32)37-23-20(27)10-14(11-22(23)36-2)9-16(13-28)24(31)29-21-8-5-17(30(33)34)12-19(21)26/h3-12H,1-2H3,(H,29,31)/b16-9+. The van der Waals surface area contributed by atoms with Crippen LogP contribution in [-0.4, -0.2) is 31.0 Å². The van der Waals surface area contributed by atoms with Gasteiger partial charge in [-0.25, -0.2) is 4.79 Å². The predicted molar refractivity (Wildman–Crippen MR) is 147 cm³/mol. The lowest BCUT2D eigenvalue weighted by atomic mass is 10.1. The molecule has 0 bridgehead atoms. The van der Waals surface area contributed by atoms with Crippen LogP contribution in [0.3, 0.4) is 0 Å². The van der Waals surface area contributed by atoms with E-state index in [1.807, 2.05) is 28.7 Å². The molecule has 0 aromatic heterocycles. The summed E-state index contributed by atoms with van der Waals surface area (Å²) in [5.41, 5.74) is 0.620. The number of nitro benzene ring substituents is 1. The summed E-state index contributed by atoms with van der Waals surface area (Å²) in [7, 11) is 2.92. The zero-order chi connectivity index (χ0) is 27.1. The smallest absolute Gasteiger partial charge is 0.343 e. The molecule has 0 fully saturated rings. The highest BCUT2D eigenvalue weighted by molar-refractivity contribution is 14.1. The van der Waals surface area contributed by atoms with Gasteiger partial charge in [-0.1, -0.05) is 0 Å². The van der Waals surface area contributed by atoms with E-state index in [1.54, 1.807) is 30.3 Å². The van der Waals surface area contributed by atoms with E-state index in [2.05, 4.69) is 21.2 Å². The Bertz CT molecular complexity index is 1450. The number of hydrogen-bond acceptors (Lipinski definition) is 8. The Balaban J connectivity index is 1.84. The SMILES string of the molecule is COc1ccc(C(=O)Oc2c(I)cc(/C=C(\C#N)C(=O)Nc3ccc([N+](=O)[O-])cc3Br)cc2OC)cc1. The Labute approximate surface area is 233 Å². The summed E-state index contributed by atoms with van der Waals surface area (Å²) in [6.07, 6.45) is 1.34. The number of nitrogens with one attached hydrogen (secondary N) is 1. The van der Waals surface area contributed by atoms with Gasteiger partial charge in [0, 0.05) is 16.6 Å². The lowest BCUT2D eigenvalue weighted by Gasteiger charge is -2.13. The van der Waals surface area contributed by atoms with Crippen molar-refractivity contribution in [2.75, 3.05) is 19.5 Å². The van der Waals surface area contributed by atoms with Crippen LogP contribution in [0.5, 0.6) is 17.2 Å². The van der Waals surface area contributed by atoms with E-state index in [1.165, 1.54) is 44.6 Å². The monoisotopic (exact) mass is 677 g/mol. The Morgan fingerprint density at radius 1 is 1.11 bits per heavy atom. The van der Waals surface area contributed by atoms with E-state index < -0.39 is 16.8 Å². The fourth-order valence-electron chi connectivity index (χ4n) is 3.02. The minimum Gasteiger partial charge on any atom is -0.497 e. The van der Waals surface area contributed by atoms with E-state index in [0.29, 0.717) is 20.4 Å². The second-order valence-corrected chi connectivity index (χ2v) is 9.21. The summed E-state index contributed by atoms with van der Waals surface area (Å²) in [6.45, 7) is 0. The highest BCUT2D eigenvalue weighted by atomic mass is 127. The average Bonchev–Trinajstić information content (AvgIpc) is 2.89. The molecule has 12 heteroatoms. The molecule has 0 heterocycles. The van der Waals surface area contributed by atoms with Gasteiger partial charge >= 0.3 is 5.97 Å². The number of nitrogens with zero attached hydrogens (tertiary/aromatic N) is 2. The molecule has 0 aliphatic rings. The van der Waals surface area contributed by atoms with Crippen LogP contribution in [0.4, 0.5) is 11.4 Å². The first kappa shape index (κ1) is 27.6. The van der Waals surface area contributed by atoms with Crippen LogP contribution in [0.15, 0.2) is 64.6 Å². The molecule has 0 saturated carbocycles. The van der Waals surface area contributed by atoms with Gasteiger partial charge in [0.05, 0.1) is 34.0 Å². The van der Waals surface area contributed by atoms with E-state index in [0.717, 1.165) is 0 Å². The molecule has 0 unspecified atom stereocenters. The molecule has 0 radical (unpaired) electrons. The molecule has 188 valence electrons. The van der Waals surface area contributed by atoms with Crippen molar-refractivity contribution in [2.24, 2.45) is 0 Å². The van der Waals surface area contributed by atoms with Crippen molar-refractivity contribution in [1.29, 1.82) is 5.26 Å². The fourth-order valence-corrected chi connectivity index (χ4v) is 4.23. The normalized spacial score (nSPS) is 10.7. The maximum Gasteiger partial charge on any atom is 0.343 e.